The van der Waals surface area contributed by atoms with Gasteiger partial charge in [-0.25, -0.2) is 0 Å². The van der Waals surface area contributed by atoms with E-state index in [-0.39, 0.29) is 0 Å². The van der Waals surface area contributed by atoms with Gasteiger partial charge in [-0.1, -0.05) is 0 Å². The zero-order valence-corrected chi connectivity index (χ0v) is 16.5. The van der Waals surface area contributed by atoms with Crippen molar-refractivity contribution in [2.45, 2.75) is 75.8 Å². The van der Waals surface area contributed by atoms with Gasteiger partial charge in [-0.3, -0.25) is 0 Å². The zero-order valence-electron chi connectivity index (χ0n) is 16.5. The van der Waals surface area contributed by atoms with Crippen molar-refractivity contribution in [3.63, 3.8) is 0 Å². The van der Waals surface area contributed by atoms with Crippen molar-refractivity contribution in [1.29, 1.82) is 0 Å². The first-order valence-corrected chi connectivity index (χ1v) is 11.0. The molecule has 2 atom stereocenters. The quantitative estimate of drug-likeness (QED) is 0.293. The van der Waals surface area contributed by atoms with Gasteiger partial charge in [0.05, 0.1) is 51.8 Å². The number of rotatable bonds is 12. The molecule has 27 heavy (non-hydrogen) atoms. The van der Waals surface area contributed by atoms with Crippen molar-refractivity contribution in [2.24, 2.45) is 11.8 Å². The molecule has 6 heteroatoms. The molecule has 156 valence electrons. The van der Waals surface area contributed by atoms with Crippen molar-refractivity contribution in [3.05, 3.63) is 0 Å². The number of hydrogen-bond acceptors (Lipinski definition) is 6. The Morgan fingerprint density at radius 1 is 0.556 bits per heavy atom. The Morgan fingerprint density at radius 3 is 1.33 bits per heavy atom. The maximum Gasteiger partial charge on any atom is 0.146 e. The van der Waals surface area contributed by atoms with Gasteiger partial charge in [0.25, 0.3) is 0 Å². The Balaban J connectivity index is 0.958. The van der Waals surface area contributed by atoms with Crippen LogP contribution < -0.4 is 0 Å². The van der Waals surface area contributed by atoms with Crippen LogP contribution in [0.15, 0.2) is 0 Å². The summed E-state index contributed by atoms with van der Waals surface area (Å²) in [6, 6.07) is 0. The molecule has 0 amide bonds. The first kappa shape index (κ1) is 20.0. The summed E-state index contributed by atoms with van der Waals surface area (Å²) in [5.74, 6) is 1.32. The molecule has 4 aliphatic rings. The molecule has 0 aromatic heterocycles. The summed E-state index contributed by atoms with van der Waals surface area (Å²) in [6.45, 7) is 5.41. The predicted octanol–water partition coefficient (Wildman–Crippen LogP) is 2.93. The molecular formula is C21H36O6. The smallest absolute Gasteiger partial charge is 0.146 e. The van der Waals surface area contributed by atoms with Gasteiger partial charge in [0.2, 0.25) is 0 Å². The molecule has 0 spiro atoms. The Morgan fingerprint density at radius 2 is 0.963 bits per heavy atom. The highest BCUT2D eigenvalue weighted by molar-refractivity contribution is 4.76. The summed E-state index contributed by atoms with van der Waals surface area (Å²) in [5.41, 5.74) is 0. The van der Waals surface area contributed by atoms with E-state index in [2.05, 4.69) is 0 Å². The molecule has 0 radical (unpaired) electrons. The molecule has 2 saturated heterocycles. The van der Waals surface area contributed by atoms with Crippen molar-refractivity contribution in [2.75, 3.05) is 46.4 Å². The predicted molar refractivity (Wildman–Crippen MR) is 99.6 cm³/mol. The van der Waals surface area contributed by atoms with Gasteiger partial charge in [0.1, 0.15) is 19.0 Å². The third-order valence-electron chi connectivity index (χ3n) is 6.30. The fraction of sp³-hybridized carbons (Fsp3) is 1.00. The first-order chi connectivity index (χ1) is 13.3. The fourth-order valence-corrected chi connectivity index (χ4v) is 4.23. The monoisotopic (exact) mass is 384 g/mol. The molecule has 2 saturated carbocycles. The average Bonchev–Trinajstić information content (AvgIpc) is 3.61. The molecule has 2 aliphatic carbocycles. The van der Waals surface area contributed by atoms with E-state index in [9.17, 15) is 0 Å². The van der Waals surface area contributed by atoms with Gasteiger partial charge in [-0.05, 0) is 63.2 Å². The SMILES string of the molecule is C(OCC1CCC(OCC2CO2)CC1)OCC1CCC(OCC2CO2)CC1. The van der Waals surface area contributed by atoms with Gasteiger partial charge in [0.15, 0.2) is 0 Å². The molecule has 2 heterocycles. The van der Waals surface area contributed by atoms with Gasteiger partial charge < -0.3 is 28.4 Å². The van der Waals surface area contributed by atoms with Gasteiger partial charge in [0, 0.05) is 0 Å². The Hall–Kier alpha value is -0.240. The molecule has 6 nitrogen and oxygen atoms in total. The second-order valence-electron chi connectivity index (χ2n) is 8.72. The second-order valence-corrected chi connectivity index (χ2v) is 8.72. The van der Waals surface area contributed by atoms with Crippen LogP contribution in [0.5, 0.6) is 0 Å². The lowest BCUT2D eigenvalue weighted by Crippen LogP contribution is -2.26. The molecule has 2 aliphatic heterocycles. The van der Waals surface area contributed by atoms with E-state index in [1.54, 1.807) is 0 Å². The van der Waals surface area contributed by atoms with Gasteiger partial charge in [-0.2, -0.15) is 0 Å². The lowest BCUT2D eigenvalue weighted by molar-refractivity contribution is -0.0878. The zero-order chi connectivity index (χ0) is 18.3. The van der Waals surface area contributed by atoms with E-state index < -0.39 is 0 Å². The van der Waals surface area contributed by atoms with Crippen molar-refractivity contribution in [3.8, 4) is 0 Å². The summed E-state index contributed by atoms with van der Waals surface area (Å²) in [4.78, 5) is 0. The van der Waals surface area contributed by atoms with Crippen LogP contribution in [-0.2, 0) is 28.4 Å². The van der Waals surface area contributed by atoms with Crippen LogP contribution in [0.2, 0.25) is 0 Å². The Bertz CT molecular complexity index is 371. The summed E-state index contributed by atoms with van der Waals surface area (Å²) in [6.07, 6.45) is 11.0. The van der Waals surface area contributed by atoms with Crippen LogP contribution in [-0.4, -0.2) is 70.9 Å². The van der Waals surface area contributed by atoms with E-state index in [0.29, 0.717) is 43.0 Å². The van der Waals surface area contributed by atoms with E-state index in [0.717, 1.165) is 65.3 Å². The highest BCUT2D eigenvalue weighted by Crippen LogP contribution is 2.28. The Kier molecular flexibility index (Phi) is 7.81. The second kappa shape index (κ2) is 10.5. The molecule has 4 fully saturated rings. The molecular weight excluding hydrogens is 348 g/mol. The van der Waals surface area contributed by atoms with E-state index in [1.807, 2.05) is 0 Å². The normalized spacial score (nSPS) is 38.7. The van der Waals surface area contributed by atoms with Gasteiger partial charge in [-0.15, -0.1) is 0 Å². The Labute approximate surface area is 163 Å². The lowest BCUT2D eigenvalue weighted by Gasteiger charge is -2.29. The van der Waals surface area contributed by atoms with Crippen molar-refractivity contribution in [1.82, 2.24) is 0 Å². The fourth-order valence-electron chi connectivity index (χ4n) is 4.23. The van der Waals surface area contributed by atoms with Crippen LogP contribution >= 0.6 is 0 Å². The first-order valence-electron chi connectivity index (χ1n) is 11.0. The lowest BCUT2D eigenvalue weighted by atomic mass is 9.88. The highest BCUT2D eigenvalue weighted by atomic mass is 16.7. The molecule has 4 rings (SSSR count). The molecule has 0 bridgehead atoms. The standard InChI is InChI=1S/C21H36O6/c1-5-18(24-11-20-13-26-20)6-2-16(1)9-22-15-23-10-17-3-7-19(8-4-17)25-12-21-14-27-21/h16-21H,1-15H2. The highest BCUT2D eigenvalue weighted by Gasteiger charge is 2.28. The van der Waals surface area contributed by atoms with Crippen molar-refractivity contribution >= 4 is 0 Å². The minimum atomic E-state index is 0.378. The minimum absolute atomic E-state index is 0.378. The minimum Gasteiger partial charge on any atom is -0.375 e. The van der Waals surface area contributed by atoms with Crippen molar-refractivity contribution < 1.29 is 28.4 Å². The maximum atomic E-state index is 5.90. The van der Waals surface area contributed by atoms with E-state index in [1.165, 1.54) is 25.7 Å². The topological polar surface area (TPSA) is 62.0 Å². The largest absolute Gasteiger partial charge is 0.375 e. The van der Waals surface area contributed by atoms with Crippen LogP contribution in [0.3, 0.4) is 0 Å². The summed E-state index contributed by atoms with van der Waals surface area (Å²) >= 11 is 0. The number of epoxide rings is 2. The summed E-state index contributed by atoms with van der Waals surface area (Å²) in [7, 11) is 0. The average molecular weight is 385 g/mol. The molecule has 2 unspecified atom stereocenters. The molecule has 0 aromatic carbocycles. The summed E-state index contributed by atoms with van der Waals surface area (Å²) in [5, 5.41) is 0. The van der Waals surface area contributed by atoms with Crippen LogP contribution in [0, 0.1) is 11.8 Å². The van der Waals surface area contributed by atoms with Crippen LogP contribution in [0.25, 0.3) is 0 Å². The third-order valence-corrected chi connectivity index (χ3v) is 6.30. The third kappa shape index (κ3) is 7.59. The molecule has 0 aromatic rings. The number of ether oxygens (including phenoxy) is 6. The van der Waals surface area contributed by atoms with Gasteiger partial charge >= 0.3 is 0 Å². The number of hydrogen-bond donors (Lipinski definition) is 0. The van der Waals surface area contributed by atoms with E-state index >= 15 is 0 Å². The van der Waals surface area contributed by atoms with Crippen LogP contribution in [0.1, 0.15) is 51.4 Å². The summed E-state index contributed by atoms with van der Waals surface area (Å²) < 4.78 is 33.7. The molecule has 0 N–H and O–H groups in total. The van der Waals surface area contributed by atoms with E-state index in [4.69, 9.17) is 28.4 Å². The van der Waals surface area contributed by atoms with Crippen LogP contribution in [0.4, 0.5) is 0 Å². The maximum absolute atomic E-state index is 5.90.